The van der Waals surface area contributed by atoms with Crippen LogP contribution in [-0.4, -0.2) is 20.0 Å². The standard InChI is InChI=1S/C32H30N2O2/c1-21-15-17-25(18-16-21)31-30(32(35)33-3)27-19-26(24-13-9-6-10-14-24)28(20-29(27)36-31)34(4)22(2)23-11-7-5-8-12-23/h5-20,22H,1-4H3,(H,33,35). The predicted molar refractivity (Wildman–Crippen MR) is 148 cm³/mol. The van der Waals surface area contributed by atoms with Crippen LogP contribution in [0.5, 0.6) is 0 Å². The lowest BCUT2D eigenvalue weighted by atomic mass is 9.97. The summed E-state index contributed by atoms with van der Waals surface area (Å²) < 4.78 is 6.43. The Labute approximate surface area is 212 Å². The molecule has 1 aromatic heterocycles. The highest BCUT2D eigenvalue weighted by Crippen LogP contribution is 2.42. The fraction of sp³-hybridized carbons (Fsp3) is 0.156. The molecule has 5 aromatic rings. The van der Waals surface area contributed by atoms with Crippen LogP contribution in [0.1, 0.15) is 34.5 Å². The van der Waals surface area contributed by atoms with E-state index in [0.29, 0.717) is 16.9 Å². The van der Waals surface area contributed by atoms with Crippen LogP contribution in [0.15, 0.2) is 101 Å². The summed E-state index contributed by atoms with van der Waals surface area (Å²) in [5.74, 6) is 0.418. The Kier molecular flexibility index (Phi) is 6.34. The van der Waals surface area contributed by atoms with E-state index in [9.17, 15) is 4.79 Å². The number of aryl methyl sites for hydroxylation is 1. The summed E-state index contributed by atoms with van der Waals surface area (Å²) in [5, 5.41) is 3.61. The zero-order valence-electron chi connectivity index (χ0n) is 21.1. The van der Waals surface area contributed by atoms with Gasteiger partial charge in [-0.25, -0.2) is 0 Å². The highest BCUT2D eigenvalue weighted by molar-refractivity contribution is 6.12. The van der Waals surface area contributed by atoms with Crippen molar-refractivity contribution < 1.29 is 9.21 Å². The zero-order valence-corrected chi connectivity index (χ0v) is 21.1. The summed E-state index contributed by atoms with van der Waals surface area (Å²) >= 11 is 0. The van der Waals surface area contributed by atoms with Crippen molar-refractivity contribution in [2.24, 2.45) is 0 Å². The molecule has 1 unspecified atom stereocenters. The molecule has 36 heavy (non-hydrogen) atoms. The molecule has 1 amide bonds. The molecule has 180 valence electrons. The van der Waals surface area contributed by atoms with Crippen molar-refractivity contribution in [3.8, 4) is 22.5 Å². The van der Waals surface area contributed by atoms with Crippen LogP contribution < -0.4 is 10.2 Å². The Balaban J connectivity index is 1.76. The topological polar surface area (TPSA) is 45.5 Å². The Morgan fingerprint density at radius 3 is 2.14 bits per heavy atom. The summed E-state index contributed by atoms with van der Waals surface area (Å²) in [7, 11) is 3.76. The van der Waals surface area contributed by atoms with E-state index in [0.717, 1.165) is 33.3 Å². The number of amides is 1. The third kappa shape index (κ3) is 4.27. The van der Waals surface area contributed by atoms with Gasteiger partial charge in [-0.3, -0.25) is 4.79 Å². The second-order valence-corrected chi connectivity index (χ2v) is 9.18. The van der Waals surface area contributed by atoms with Crippen LogP contribution in [-0.2, 0) is 0 Å². The quantitative estimate of drug-likeness (QED) is 0.275. The second-order valence-electron chi connectivity index (χ2n) is 9.18. The molecule has 0 aliphatic rings. The minimum Gasteiger partial charge on any atom is -0.455 e. The number of furan rings is 1. The van der Waals surface area contributed by atoms with Gasteiger partial charge in [0.1, 0.15) is 11.3 Å². The number of benzene rings is 4. The van der Waals surface area contributed by atoms with Gasteiger partial charge in [0.05, 0.1) is 11.6 Å². The first-order chi connectivity index (χ1) is 17.5. The van der Waals surface area contributed by atoms with E-state index in [2.05, 4.69) is 72.7 Å². The van der Waals surface area contributed by atoms with Crippen LogP contribution in [0, 0.1) is 6.92 Å². The number of anilines is 1. The largest absolute Gasteiger partial charge is 0.455 e. The van der Waals surface area contributed by atoms with E-state index < -0.39 is 0 Å². The molecular weight excluding hydrogens is 444 g/mol. The van der Waals surface area contributed by atoms with Crippen molar-refractivity contribution in [1.29, 1.82) is 0 Å². The van der Waals surface area contributed by atoms with E-state index in [1.54, 1.807) is 7.05 Å². The van der Waals surface area contributed by atoms with Gasteiger partial charge in [0, 0.05) is 42.4 Å². The summed E-state index contributed by atoms with van der Waals surface area (Å²) in [6.07, 6.45) is 0. The van der Waals surface area contributed by atoms with Crippen molar-refractivity contribution in [2.75, 3.05) is 19.0 Å². The molecule has 0 aliphatic carbocycles. The van der Waals surface area contributed by atoms with Gasteiger partial charge in [0.2, 0.25) is 0 Å². The Morgan fingerprint density at radius 2 is 1.50 bits per heavy atom. The first kappa shape index (κ1) is 23.4. The Morgan fingerprint density at radius 1 is 0.861 bits per heavy atom. The molecule has 0 spiro atoms. The lowest BCUT2D eigenvalue weighted by molar-refractivity contribution is 0.0964. The highest BCUT2D eigenvalue weighted by Gasteiger charge is 2.25. The molecule has 4 aromatic carbocycles. The monoisotopic (exact) mass is 474 g/mol. The number of rotatable bonds is 6. The van der Waals surface area contributed by atoms with Crippen molar-refractivity contribution in [1.82, 2.24) is 5.32 Å². The van der Waals surface area contributed by atoms with Crippen LogP contribution >= 0.6 is 0 Å². The molecule has 4 nitrogen and oxygen atoms in total. The van der Waals surface area contributed by atoms with Crippen molar-refractivity contribution in [3.05, 3.63) is 114 Å². The average Bonchev–Trinajstić information content (AvgIpc) is 3.31. The highest BCUT2D eigenvalue weighted by atomic mass is 16.3. The summed E-state index contributed by atoms with van der Waals surface area (Å²) in [4.78, 5) is 15.4. The van der Waals surface area contributed by atoms with Crippen molar-refractivity contribution in [2.45, 2.75) is 19.9 Å². The molecule has 5 rings (SSSR count). The zero-order chi connectivity index (χ0) is 25.2. The number of carbonyl (C=O) groups excluding carboxylic acids is 1. The first-order valence-electron chi connectivity index (χ1n) is 12.2. The van der Waals surface area contributed by atoms with Crippen LogP contribution in [0.3, 0.4) is 0 Å². The number of carbonyl (C=O) groups is 1. The molecule has 1 atom stereocenters. The van der Waals surface area contributed by atoms with Crippen LogP contribution in [0.25, 0.3) is 33.4 Å². The lowest BCUT2D eigenvalue weighted by Gasteiger charge is -2.29. The first-order valence-corrected chi connectivity index (χ1v) is 12.2. The summed E-state index contributed by atoms with van der Waals surface area (Å²) in [6.45, 7) is 4.24. The molecule has 0 saturated heterocycles. The normalized spacial score (nSPS) is 11.9. The maximum absolute atomic E-state index is 13.1. The number of nitrogens with zero attached hydrogens (tertiary/aromatic N) is 1. The number of nitrogens with one attached hydrogen (secondary N) is 1. The van der Waals surface area contributed by atoms with Gasteiger partial charge in [-0.1, -0.05) is 90.5 Å². The fourth-order valence-corrected chi connectivity index (χ4v) is 4.70. The minimum atomic E-state index is -0.165. The molecule has 0 bridgehead atoms. The Hall–Kier alpha value is -4.31. The summed E-state index contributed by atoms with van der Waals surface area (Å²) in [5.41, 5.74) is 7.68. The third-order valence-electron chi connectivity index (χ3n) is 6.90. The van der Waals surface area contributed by atoms with Gasteiger partial charge in [0.25, 0.3) is 5.91 Å². The van der Waals surface area contributed by atoms with E-state index in [1.807, 2.05) is 55.5 Å². The minimum absolute atomic E-state index is 0.135. The smallest absolute Gasteiger partial charge is 0.255 e. The SMILES string of the molecule is CNC(=O)c1c(-c2ccc(C)cc2)oc2cc(N(C)C(C)c3ccccc3)c(-c3ccccc3)cc12. The van der Waals surface area contributed by atoms with Gasteiger partial charge >= 0.3 is 0 Å². The molecule has 1 N–H and O–H groups in total. The van der Waals surface area contributed by atoms with Crippen molar-refractivity contribution >= 4 is 22.6 Å². The fourth-order valence-electron chi connectivity index (χ4n) is 4.70. The lowest BCUT2D eigenvalue weighted by Crippen LogP contribution is -2.22. The van der Waals surface area contributed by atoms with Crippen LogP contribution in [0.2, 0.25) is 0 Å². The number of hydrogen-bond donors (Lipinski definition) is 1. The molecule has 0 fully saturated rings. The van der Waals surface area contributed by atoms with E-state index in [1.165, 1.54) is 5.56 Å². The van der Waals surface area contributed by atoms with E-state index in [-0.39, 0.29) is 11.9 Å². The molecule has 1 heterocycles. The summed E-state index contributed by atoms with van der Waals surface area (Å²) in [6, 6.07) is 33.1. The van der Waals surface area contributed by atoms with Gasteiger partial charge in [0.15, 0.2) is 0 Å². The molecular formula is C32H30N2O2. The van der Waals surface area contributed by atoms with E-state index in [4.69, 9.17) is 4.42 Å². The van der Waals surface area contributed by atoms with Crippen LogP contribution in [0.4, 0.5) is 5.69 Å². The Bertz CT molecular complexity index is 1500. The maximum atomic E-state index is 13.1. The number of hydrogen-bond acceptors (Lipinski definition) is 3. The molecule has 0 aliphatic heterocycles. The molecule has 0 radical (unpaired) electrons. The average molecular weight is 475 g/mol. The molecule has 4 heteroatoms. The second kappa shape index (κ2) is 9.74. The third-order valence-corrected chi connectivity index (χ3v) is 6.90. The van der Waals surface area contributed by atoms with Gasteiger partial charge in [-0.2, -0.15) is 0 Å². The number of fused-ring (bicyclic) bond motifs is 1. The van der Waals surface area contributed by atoms with Gasteiger partial charge in [-0.05, 0) is 31.0 Å². The van der Waals surface area contributed by atoms with E-state index >= 15 is 0 Å². The predicted octanol–water partition coefficient (Wildman–Crippen LogP) is 7.63. The maximum Gasteiger partial charge on any atom is 0.255 e. The van der Waals surface area contributed by atoms with Crippen molar-refractivity contribution in [3.63, 3.8) is 0 Å². The molecule has 0 saturated carbocycles. The van der Waals surface area contributed by atoms with Gasteiger partial charge < -0.3 is 14.6 Å². The van der Waals surface area contributed by atoms with Gasteiger partial charge in [-0.15, -0.1) is 0 Å².